The molecule has 2 aromatic rings. The van der Waals surface area contributed by atoms with Gasteiger partial charge in [0.15, 0.2) is 5.78 Å². The number of hydrogen-bond donors (Lipinski definition) is 1. The highest BCUT2D eigenvalue weighted by atomic mass is 35.5. The molecule has 2 aliphatic rings. The van der Waals surface area contributed by atoms with Gasteiger partial charge in [0.2, 0.25) is 0 Å². The number of aromatic nitrogens is 1. The van der Waals surface area contributed by atoms with Crippen LogP contribution >= 0.6 is 23.2 Å². The Labute approximate surface area is 167 Å². The molecule has 2 saturated heterocycles. The molecule has 0 saturated carbocycles. The van der Waals surface area contributed by atoms with Crippen LogP contribution in [0.3, 0.4) is 0 Å². The van der Waals surface area contributed by atoms with Crippen LogP contribution in [0.1, 0.15) is 40.9 Å². The lowest BCUT2D eigenvalue weighted by atomic mass is 9.98. The van der Waals surface area contributed by atoms with Crippen LogP contribution in [0.15, 0.2) is 24.3 Å². The third-order valence-corrected chi connectivity index (χ3v) is 6.62. The lowest BCUT2D eigenvalue weighted by Crippen LogP contribution is -2.36. The number of rotatable bonds is 4. The molecule has 4 rings (SSSR count). The molecule has 2 bridgehead atoms. The number of Topliss-reactive ketones (excluding diaryl/α,β-unsaturated/α-hetero) is 1. The van der Waals surface area contributed by atoms with E-state index in [1.54, 1.807) is 28.8 Å². The summed E-state index contributed by atoms with van der Waals surface area (Å²) in [5, 5.41) is 19.6. The van der Waals surface area contributed by atoms with Crippen molar-refractivity contribution < 1.29 is 9.90 Å². The van der Waals surface area contributed by atoms with Crippen molar-refractivity contribution >= 4 is 29.0 Å². The van der Waals surface area contributed by atoms with Gasteiger partial charge >= 0.3 is 0 Å². The monoisotopic (exact) mass is 403 g/mol. The zero-order chi connectivity index (χ0) is 19.3. The first-order valence-electron chi connectivity index (χ1n) is 8.96. The normalized spacial score (nSPS) is 24.3. The molecule has 140 valence electrons. The third kappa shape index (κ3) is 2.97. The van der Waals surface area contributed by atoms with E-state index in [2.05, 4.69) is 11.0 Å². The van der Waals surface area contributed by atoms with Crippen molar-refractivity contribution in [3.05, 3.63) is 51.3 Å². The Hall–Kier alpha value is -1.84. The van der Waals surface area contributed by atoms with Gasteiger partial charge in [-0.05, 0) is 50.5 Å². The first kappa shape index (κ1) is 18.5. The zero-order valence-corrected chi connectivity index (χ0v) is 16.3. The quantitative estimate of drug-likeness (QED) is 0.789. The maximum Gasteiger partial charge on any atom is 0.180 e. The molecular weight excluding hydrogens is 385 g/mol. The lowest BCUT2D eigenvalue weighted by Gasteiger charge is -2.21. The van der Waals surface area contributed by atoms with Crippen molar-refractivity contribution in [3.8, 4) is 11.8 Å². The molecule has 0 aliphatic carbocycles. The fourth-order valence-corrected chi connectivity index (χ4v) is 5.14. The van der Waals surface area contributed by atoms with Crippen LogP contribution in [0.4, 0.5) is 0 Å². The summed E-state index contributed by atoms with van der Waals surface area (Å²) in [6.45, 7) is 2.05. The summed E-state index contributed by atoms with van der Waals surface area (Å²) in [4.78, 5) is 15.1. The largest absolute Gasteiger partial charge is 0.391 e. The van der Waals surface area contributed by atoms with Gasteiger partial charge in [0.05, 0.1) is 34.9 Å². The highest BCUT2D eigenvalue weighted by molar-refractivity contribution is 6.44. The molecule has 0 spiro atoms. The number of fused-ring (bicyclic) bond motifs is 2. The van der Waals surface area contributed by atoms with Gasteiger partial charge < -0.3 is 9.67 Å². The van der Waals surface area contributed by atoms with Gasteiger partial charge in [-0.15, -0.1) is 0 Å². The van der Waals surface area contributed by atoms with E-state index < -0.39 is 0 Å². The fraction of sp³-hybridized carbons (Fsp3) is 0.400. The summed E-state index contributed by atoms with van der Waals surface area (Å²) in [5.74, 6) is -0.0854. The van der Waals surface area contributed by atoms with E-state index in [1.165, 1.54) is 0 Å². The molecule has 0 radical (unpaired) electrons. The SMILES string of the molecule is Cc1c(C(=O)CN2C3CCC2[C@@H](O)C3)c(Cl)c(Cl)n1-c1ccc(C#N)cc1. The topological polar surface area (TPSA) is 69.3 Å². The number of aliphatic hydroxyl groups is 1. The number of aliphatic hydroxyl groups excluding tert-OH is 1. The molecule has 2 fully saturated rings. The highest BCUT2D eigenvalue weighted by Crippen LogP contribution is 2.39. The second-order valence-corrected chi connectivity index (χ2v) is 7.99. The molecule has 1 aromatic heterocycles. The smallest absolute Gasteiger partial charge is 0.180 e. The van der Waals surface area contributed by atoms with Crippen LogP contribution in [-0.2, 0) is 0 Å². The summed E-state index contributed by atoms with van der Waals surface area (Å²) >= 11 is 12.9. The van der Waals surface area contributed by atoms with Gasteiger partial charge in [0.25, 0.3) is 0 Å². The molecule has 0 amide bonds. The predicted molar refractivity (Wildman–Crippen MR) is 104 cm³/mol. The van der Waals surface area contributed by atoms with E-state index in [0.29, 0.717) is 16.8 Å². The van der Waals surface area contributed by atoms with Crippen LogP contribution in [0.2, 0.25) is 10.2 Å². The molecular formula is C20H19Cl2N3O2. The molecule has 2 aliphatic heterocycles. The van der Waals surface area contributed by atoms with Crippen LogP contribution < -0.4 is 0 Å². The average Bonchev–Trinajstić information content (AvgIpc) is 3.24. The first-order valence-corrected chi connectivity index (χ1v) is 9.71. The number of carbonyl (C=O) groups is 1. The Kier molecular flexibility index (Phi) is 4.77. The van der Waals surface area contributed by atoms with E-state index in [1.807, 2.05) is 6.92 Å². The van der Waals surface area contributed by atoms with Crippen LogP contribution in [0.25, 0.3) is 5.69 Å². The minimum Gasteiger partial charge on any atom is -0.391 e. The fourth-order valence-electron chi connectivity index (χ4n) is 4.49. The van der Waals surface area contributed by atoms with Crippen molar-refractivity contribution in [2.75, 3.05) is 6.54 Å². The maximum absolute atomic E-state index is 13.0. The number of hydrogen-bond acceptors (Lipinski definition) is 4. The number of carbonyl (C=O) groups excluding carboxylic acids is 1. The van der Waals surface area contributed by atoms with Gasteiger partial charge in [-0.3, -0.25) is 9.69 Å². The summed E-state index contributed by atoms with van der Waals surface area (Å²) in [6.07, 6.45) is 2.34. The van der Waals surface area contributed by atoms with Crippen LogP contribution in [-0.4, -0.2) is 45.1 Å². The maximum atomic E-state index is 13.0. The molecule has 1 N–H and O–H groups in total. The van der Waals surface area contributed by atoms with Crippen molar-refractivity contribution in [2.24, 2.45) is 0 Å². The number of ketones is 1. The molecule has 5 nitrogen and oxygen atoms in total. The van der Waals surface area contributed by atoms with Gasteiger partial charge in [0, 0.05) is 23.5 Å². The molecule has 3 atom stereocenters. The minimum absolute atomic E-state index is 0.0640. The predicted octanol–water partition coefficient (Wildman–Crippen LogP) is 3.74. The number of nitriles is 1. The Morgan fingerprint density at radius 2 is 2.00 bits per heavy atom. The first-order chi connectivity index (χ1) is 12.9. The Morgan fingerprint density at radius 1 is 1.30 bits per heavy atom. The van der Waals surface area contributed by atoms with E-state index in [4.69, 9.17) is 28.5 Å². The molecule has 3 heterocycles. The van der Waals surface area contributed by atoms with E-state index in [0.717, 1.165) is 24.9 Å². The summed E-state index contributed by atoms with van der Waals surface area (Å²) in [5.41, 5.74) is 2.39. The third-order valence-electron chi connectivity index (χ3n) is 5.80. The van der Waals surface area contributed by atoms with Gasteiger partial charge in [0.1, 0.15) is 5.15 Å². The van der Waals surface area contributed by atoms with Crippen LogP contribution in [0, 0.1) is 18.3 Å². The second kappa shape index (κ2) is 6.96. The Morgan fingerprint density at radius 3 is 2.56 bits per heavy atom. The Balaban J connectivity index is 1.65. The zero-order valence-electron chi connectivity index (χ0n) is 14.8. The summed E-state index contributed by atoms with van der Waals surface area (Å²) in [7, 11) is 0. The van der Waals surface area contributed by atoms with Crippen molar-refractivity contribution in [1.82, 2.24) is 9.47 Å². The number of benzene rings is 1. The lowest BCUT2D eigenvalue weighted by molar-refractivity contribution is 0.0873. The van der Waals surface area contributed by atoms with Crippen molar-refractivity contribution in [1.29, 1.82) is 5.26 Å². The number of nitrogens with zero attached hydrogens (tertiary/aromatic N) is 3. The van der Waals surface area contributed by atoms with Crippen molar-refractivity contribution in [3.63, 3.8) is 0 Å². The second-order valence-electron chi connectivity index (χ2n) is 7.26. The van der Waals surface area contributed by atoms with E-state index >= 15 is 0 Å². The van der Waals surface area contributed by atoms with Gasteiger partial charge in [-0.25, -0.2) is 0 Å². The molecule has 1 aromatic carbocycles. The Bertz CT molecular complexity index is 946. The van der Waals surface area contributed by atoms with Gasteiger partial charge in [-0.2, -0.15) is 5.26 Å². The standard InChI is InChI=1S/C20H19Cl2N3O2/c1-11-18(17(27)10-24-14-6-7-15(24)16(26)8-14)19(21)20(22)25(11)13-4-2-12(9-23)3-5-13/h2-5,14-16,26H,6-8,10H2,1H3/t14?,15?,16-/m0/s1. The molecule has 7 heteroatoms. The highest BCUT2D eigenvalue weighted by Gasteiger charge is 2.46. The van der Waals surface area contributed by atoms with Crippen molar-refractivity contribution in [2.45, 2.75) is 44.4 Å². The average molecular weight is 404 g/mol. The summed E-state index contributed by atoms with van der Waals surface area (Å²) in [6, 6.07) is 9.36. The molecule has 27 heavy (non-hydrogen) atoms. The van der Waals surface area contributed by atoms with E-state index in [9.17, 15) is 9.90 Å². The van der Waals surface area contributed by atoms with Gasteiger partial charge in [-0.1, -0.05) is 23.2 Å². The molecule has 2 unspecified atom stereocenters. The van der Waals surface area contributed by atoms with Crippen LogP contribution in [0.5, 0.6) is 0 Å². The minimum atomic E-state index is -0.347. The summed E-state index contributed by atoms with van der Waals surface area (Å²) < 4.78 is 1.73. The van der Waals surface area contributed by atoms with E-state index in [-0.39, 0.29) is 40.7 Å². The number of halogens is 2.